The summed E-state index contributed by atoms with van der Waals surface area (Å²) in [5.74, 6) is 0.140. The largest absolute Gasteiger partial charge is 0.271 e. The second-order valence-corrected chi connectivity index (χ2v) is 4.49. The molecule has 0 aliphatic heterocycles. The fourth-order valence-electron chi connectivity index (χ4n) is 1.73. The summed E-state index contributed by atoms with van der Waals surface area (Å²) in [6.45, 7) is 4.02. The van der Waals surface area contributed by atoms with Gasteiger partial charge >= 0.3 is 0 Å². The topological polar surface area (TPSA) is 41.5 Å². The van der Waals surface area contributed by atoms with Crippen LogP contribution in [0.4, 0.5) is 0 Å². The summed E-state index contributed by atoms with van der Waals surface area (Å²) in [5, 5.41) is 5.93. The van der Waals surface area contributed by atoms with Crippen molar-refractivity contribution in [3.05, 3.63) is 48.0 Å². The van der Waals surface area contributed by atoms with Crippen LogP contribution in [0.3, 0.4) is 0 Å². The lowest BCUT2D eigenvalue weighted by molar-refractivity contribution is 0.0956. The van der Waals surface area contributed by atoms with E-state index in [1.807, 2.05) is 56.3 Å². The molecule has 0 saturated heterocycles. The molecule has 0 aliphatic rings. The molecule has 0 radical (unpaired) electrons. The van der Waals surface area contributed by atoms with Crippen LogP contribution in [0.2, 0.25) is 0 Å². The van der Waals surface area contributed by atoms with Crippen LogP contribution in [-0.2, 0) is 0 Å². The molecule has 3 heteroatoms. The molecule has 18 heavy (non-hydrogen) atoms. The first-order valence-electron chi connectivity index (χ1n) is 6.00. The van der Waals surface area contributed by atoms with Gasteiger partial charge < -0.3 is 0 Å². The number of nitrogens with zero attached hydrogens (tertiary/aromatic N) is 1. The molecule has 1 N–H and O–H groups in total. The fraction of sp³-hybridized carbons (Fsp3) is 0.200. The second-order valence-electron chi connectivity index (χ2n) is 4.49. The molecule has 0 spiro atoms. The first-order valence-corrected chi connectivity index (χ1v) is 6.00. The molecule has 0 fully saturated rings. The highest BCUT2D eigenvalue weighted by Crippen LogP contribution is 2.18. The number of rotatable bonds is 3. The minimum atomic E-state index is -0.177. The Morgan fingerprint density at radius 3 is 2.67 bits per heavy atom. The Kier molecular flexibility index (Phi) is 3.72. The molecule has 2 rings (SSSR count). The molecule has 0 heterocycles. The van der Waals surface area contributed by atoms with Gasteiger partial charge in [0.1, 0.15) is 0 Å². The SMILES string of the molecule is CC(C)C=NNC(=O)c1cccc2ccccc12. The van der Waals surface area contributed by atoms with Gasteiger partial charge in [0.15, 0.2) is 0 Å². The van der Waals surface area contributed by atoms with Crippen LogP contribution in [0, 0.1) is 5.92 Å². The zero-order chi connectivity index (χ0) is 13.0. The van der Waals surface area contributed by atoms with E-state index in [4.69, 9.17) is 0 Å². The van der Waals surface area contributed by atoms with E-state index in [0.717, 1.165) is 10.8 Å². The van der Waals surface area contributed by atoms with Gasteiger partial charge in [0, 0.05) is 11.8 Å². The van der Waals surface area contributed by atoms with Gasteiger partial charge in [-0.25, -0.2) is 5.43 Å². The maximum atomic E-state index is 12.0. The molecular formula is C15H16N2O. The molecule has 0 atom stereocenters. The fourth-order valence-corrected chi connectivity index (χ4v) is 1.73. The van der Waals surface area contributed by atoms with Crippen LogP contribution in [0.15, 0.2) is 47.6 Å². The predicted octanol–water partition coefficient (Wildman–Crippen LogP) is 3.21. The lowest BCUT2D eigenvalue weighted by Gasteiger charge is -2.04. The maximum Gasteiger partial charge on any atom is 0.271 e. The third-order valence-electron chi connectivity index (χ3n) is 2.57. The van der Waals surface area contributed by atoms with Crippen LogP contribution in [0.25, 0.3) is 10.8 Å². The molecule has 1 amide bonds. The molecule has 0 bridgehead atoms. The second kappa shape index (κ2) is 5.45. The number of benzene rings is 2. The first-order chi connectivity index (χ1) is 8.68. The molecule has 0 saturated carbocycles. The van der Waals surface area contributed by atoms with E-state index in [2.05, 4.69) is 10.5 Å². The van der Waals surface area contributed by atoms with Gasteiger partial charge in [-0.05, 0) is 22.8 Å². The standard InChI is InChI=1S/C15H16N2O/c1-11(2)10-16-17-15(18)14-9-5-7-12-6-3-4-8-13(12)14/h3-11H,1-2H3,(H,17,18). The average Bonchev–Trinajstić information content (AvgIpc) is 2.37. The highest BCUT2D eigenvalue weighted by molar-refractivity contribution is 6.07. The van der Waals surface area contributed by atoms with E-state index in [0.29, 0.717) is 11.5 Å². The normalized spacial score (nSPS) is 11.3. The number of amides is 1. The van der Waals surface area contributed by atoms with Crippen LogP contribution >= 0.6 is 0 Å². The smallest absolute Gasteiger partial charge is 0.267 e. The van der Waals surface area contributed by atoms with E-state index in [9.17, 15) is 4.79 Å². The Morgan fingerprint density at radius 1 is 1.17 bits per heavy atom. The predicted molar refractivity (Wildman–Crippen MR) is 74.7 cm³/mol. The van der Waals surface area contributed by atoms with E-state index in [1.165, 1.54) is 0 Å². The van der Waals surface area contributed by atoms with Gasteiger partial charge in [-0.2, -0.15) is 5.10 Å². The highest BCUT2D eigenvalue weighted by atomic mass is 16.2. The molecular weight excluding hydrogens is 224 g/mol. The summed E-state index contributed by atoms with van der Waals surface area (Å²) in [5.41, 5.74) is 3.20. The van der Waals surface area contributed by atoms with Crippen LogP contribution in [-0.4, -0.2) is 12.1 Å². The molecule has 0 aromatic heterocycles. The molecule has 2 aromatic carbocycles. The minimum absolute atomic E-state index is 0.177. The summed E-state index contributed by atoms with van der Waals surface area (Å²) in [7, 11) is 0. The van der Waals surface area contributed by atoms with Gasteiger partial charge in [0.05, 0.1) is 0 Å². The molecule has 92 valence electrons. The molecule has 2 aromatic rings. The van der Waals surface area contributed by atoms with E-state index in [1.54, 1.807) is 6.21 Å². The van der Waals surface area contributed by atoms with Crippen molar-refractivity contribution in [1.82, 2.24) is 5.43 Å². The number of carbonyl (C=O) groups is 1. The van der Waals surface area contributed by atoms with E-state index >= 15 is 0 Å². The van der Waals surface area contributed by atoms with Crippen molar-refractivity contribution in [3.63, 3.8) is 0 Å². The third-order valence-corrected chi connectivity index (χ3v) is 2.57. The minimum Gasteiger partial charge on any atom is -0.267 e. The Bertz CT molecular complexity index is 583. The zero-order valence-electron chi connectivity index (χ0n) is 10.6. The van der Waals surface area contributed by atoms with Crippen molar-refractivity contribution in [2.45, 2.75) is 13.8 Å². The van der Waals surface area contributed by atoms with Gasteiger partial charge in [-0.15, -0.1) is 0 Å². The van der Waals surface area contributed by atoms with Crippen molar-refractivity contribution < 1.29 is 4.79 Å². The van der Waals surface area contributed by atoms with Gasteiger partial charge in [0.2, 0.25) is 0 Å². The number of nitrogens with one attached hydrogen (secondary N) is 1. The number of hydrazone groups is 1. The van der Waals surface area contributed by atoms with Crippen LogP contribution in [0.1, 0.15) is 24.2 Å². The van der Waals surface area contributed by atoms with Crippen LogP contribution < -0.4 is 5.43 Å². The summed E-state index contributed by atoms with van der Waals surface area (Å²) in [6.07, 6.45) is 1.71. The van der Waals surface area contributed by atoms with E-state index < -0.39 is 0 Å². The summed E-state index contributed by atoms with van der Waals surface area (Å²) in [4.78, 5) is 12.0. The van der Waals surface area contributed by atoms with Gasteiger partial charge in [-0.1, -0.05) is 50.2 Å². The number of hydrogen-bond acceptors (Lipinski definition) is 2. The van der Waals surface area contributed by atoms with Crippen molar-refractivity contribution in [1.29, 1.82) is 0 Å². The monoisotopic (exact) mass is 240 g/mol. The quantitative estimate of drug-likeness (QED) is 0.649. The molecule has 0 unspecified atom stereocenters. The first kappa shape index (κ1) is 12.3. The number of hydrogen-bond donors (Lipinski definition) is 1. The Morgan fingerprint density at radius 2 is 1.89 bits per heavy atom. The number of carbonyl (C=O) groups excluding carboxylic acids is 1. The van der Waals surface area contributed by atoms with Crippen molar-refractivity contribution >= 4 is 22.9 Å². The van der Waals surface area contributed by atoms with Crippen molar-refractivity contribution in [2.24, 2.45) is 11.0 Å². The highest BCUT2D eigenvalue weighted by Gasteiger charge is 2.08. The van der Waals surface area contributed by atoms with Gasteiger partial charge in [0.25, 0.3) is 5.91 Å². The summed E-state index contributed by atoms with van der Waals surface area (Å²) >= 11 is 0. The lowest BCUT2D eigenvalue weighted by Crippen LogP contribution is -2.18. The average molecular weight is 240 g/mol. The maximum absolute atomic E-state index is 12.0. The van der Waals surface area contributed by atoms with Crippen molar-refractivity contribution in [3.8, 4) is 0 Å². The zero-order valence-corrected chi connectivity index (χ0v) is 10.6. The molecule has 0 aliphatic carbocycles. The molecule has 3 nitrogen and oxygen atoms in total. The third kappa shape index (κ3) is 2.74. The van der Waals surface area contributed by atoms with Crippen molar-refractivity contribution in [2.75, 3.05) is 0 Å². The Balaban J connectivity index is 2.28. The summed E-state index contributed by atoms with van der Waals surface area (Å²) in [6, 6.07) is 13.5. The Labute approximate surface area is 107 Å². The number of fused-ring (bicyclic) bond motifs is 1. The lowest BCUT2D eigenvalue weighted by atomic mass is 10.0. The van der Waals surface area contributed by atoms with Crippen LogP contribution in [0.5, 0.6) is 0 Å². The summed E-state index contributed by atoms with van der Waals surface area (Å²) < 4.78 is 0. The van der Waals surface area contributed by atoms with Gasteiger partial charge in [-0.3, -0.25) is 4.79 Å². The Hall–Kier alpha value is -2.16. The van der Waals surface area contributed by atoms with E-state index in [-0.39, 0.29) is 5.91 Å².